The van der Waals surface area contributed by atoms with E-state index in [1.165, 1.54) is 13.0 Å². The predicted molar refractivity (Wildman–Crippen MR) is 64.7 cm³/mol. The Bertz CT molecular complexity index is 578. The van der Waals surface area contributed by atoms with Gasteiger partial charge in [0, 0.05) is 0 Å². The van der Waals surface area contributed by atoms with Gasteiger partial charge in [-0.15, -0.1) is 0 Å². The molecule has 0 aliphatic heterocycles. The highest BCUT2D eigenvalue weighted by molar-refractivity contribution is 7.93. The second-order valence-corrected chi connectivity index (χ2v) is 5.67. The number of hydrogen-bond acceptors (Lipinski definition) is 3. The first-order chi connectivity index (χ1) is 8.53. The maximum Gasteiger partial charge on any atom is 0.313 e. The fourth-order valence-electron chi connectivity index (χ4n) is 1.74. The van der Waals surface area contributed by atoms with Crippen LogP contribution in [0.15, 0.2) is 35.3 Å². The summed E-state index contributed by atoms with van der Waals surface area (Å²) in [5.41, 5.74) is -0.152. The summed E-state index contributed by atoms with van der Waals surface area (Å²) in [6.07, 6.45) is 3.26. The third kappa shape index (κ3) is 3.07. The van der Waals surface area contributed by atoms with Gasteiger partial charge in [0.05, 0.1) is 10.8 Å². The second kappa shape index (κ2) is 4.86. The molecule has 1 aliphatic rings. The van der Waals surface area contributed by atoms with Gasteiger partial charge in [0.25, 0.3) is 5.92 Å². The highest BCUT2D eigenvalue weighted by Crippen LogP contribution is 2.58. The third-order valence-corrected chi connectivity index (χ3v) is 3.82. The van der Waals surface area contributed by atoms with E-state index in [1.807, 2.05) is 0 Å². The van der Waals surface area contributed by atoms with Crippen molar-refractivity contribution in [3.8, 4) is 0 Å². The zero-order valence-electron chi connectivity index (χ0n) is 10.0. The van der Waals surface area contributed by atoms with E-state index in [0.29, 0.717) is 0 Å². The van der Waals surface area contributed by atoms with E-state index in [9.17, 15) is 22.0 Å². The van der Waals surface area contributed by atoms with E-state index in [-0.39, 0.29) is 10.5 Å². The molecule has 0 saturated heterocycles. The van der Waals surface area contributed by atoms with Crippen LogP contribution in [0.1, 0.15) is 6.92 Å². The Balaban J connectivity index is 2.86. The monoisotopic (exact) mass is 293 g/mol. The molecule has 3 N–H and O–H groups in total. The molecule has 1 saturated carbocycles. The minimum Gasteiger partial charge on any atom is -0.481 e. The Morgan fingerprint density at radius 3 is 2.21 bits per heavy atom. The largest absolute Gasteiger partial charge is 0.481 e. The average Bonchev–Trinajstić information content (AvgIpc) is 2.80. The van der Waals surface area contributed by atoms with Gasteiger partial charge in [-0.05, 0) is 18.6 Å². The molecular weight excluding hydrogens is 280 g/mol. The van der Waals surface area contributed by atoms with Gasteiger partial charge >= 0.3 is 5.97 Å². The Kier molecular flexibility index (Phi) is 3.97. The van der Waals surface area contributed by atoms with Crippen LogP contribution in [0, 0.1) is 11.8 Å². The van der Waals surface area contributed by atoms with Crippen molar-refractivity contribution in [3.63, 3.8) is 0 Å². The zero-order valence-corrected chi connectivity index (χ0v) is 10.8. The number of primary sulfonamides is 1. The molecule has 0 unspecified atom stereocenters. The van der Waals surface area contributed by atoms with Crippen molar-refractivity contribution < 1.29 is 27.1 Å². The predicted octanol–water partition coefficient (Wildman–Crippen LogP) is 1.26. The first-order valence-electron chi connectivity index (χ1n) is 5.20. The normalized spacial score (nSPS) is 26.4. The molecule has 2 atom stereocenters. The van der Waals surface area contributed by atoms with Gasteiger partial charge in [-0.2, -0.15) is 0 Å². The molecule has 8 heteroatoms. The molecule has 0 radical (unpaired) electrons. The molecule has 0 bridgehead atoms. The fourth-order valence-corrected chi connectivity index (χ4v) is 2.33. The lowest BCUT2D eigenvalue weighted by molar-refractivity contribution is -0.140. The summed E-state index contributed by atoms with van der Waals surface area (Å²) in [5.74, 6) is -8.29. The van der Waals surface area contributed by atoms with E-state index in [4.69, 9.17) is 10.2 Å². The van der Waals surface area contributed by atoms with Crippen LogP contribution in [-0.4, -0.2) is 25.4 Å². The number of rotatable bonds is 5. The molecule has 0 aromatic heterocycles. The Hall–Kier alpha value is -1.54. The lowest BCUT2D eigenvalue weighted by atomic mass is 10.1. The van der Waals surface area contributed by atoms with Crippen LogP contribution in [0.3, 0.4) is 0 Å². The Morgan fingerprint density at radius 1 is 1.37 bits per heavy atom. The maximum atomic E-state index is 13.2. The van der Waals surface area contributed by atoms with Gasteiger partial charge in [-0.1, -0.05) is 18.7 Å². The van der Waals surface area contributed by atoms with Gasteiger partial charge < -0.3 is 5.11 Å². The highest BCUT2D eigenvalue weighted by atomic mass is 32.2. The summed E-state index contributed by atoms with van der Waals surface area (Å²) < 4.78 is 48.4. The van der Waals surface area contributed by atoms with Crippen molar-refractivity contribution in [1.29, 1.82) is 0 Å². The number of carbonyl (C=O) groups is 1. The second-order valence-electron chi connectivity index (χ2n) is 4.11. The molecule has 0 aromatic carbocycles. The number of sulfonamides is 1. The smallest absolute Gasteiger partial charge is 0.313 e. The fraction of sp³-hybridized carbons (Fsp3) is 0.364. The topological polar surface area (TPSA) is 97.5 Å². The molecule has 0 heterocycles. The van der Waals surface area contributed by atoms with Crippen LogP contribution in [0.2, 0.25) is 0 Å². The number of allylic oxidation sites excluding steroid dienone is 4. The van der Waals surface area contributed by atoms with Crippen molar-refractivity contribution in [2.45, 2.75) is 12.8 Å². The quantitative estimate of drug-likeness (QED) is 0.745. The van der Waals surface area contributed by atoms with Crippen molar-refractivity contribution >= 4 is 16.0 Å². The van der Waals surface area contributed by atoms with E-state index >= 15 is 0 Å². The minimum absolute atomic E-state index is 0.152. The maximum absolute atomic E-state index is 13.2. The van der Waals surface area contributed by atoms with Gasteiger partial charge in [0.2, 0.25) is 10.0 Å². The van der Waals surface area contributed by atoms with Gasteiger partial charge in [0.15, 0.2) is 0 Å². The SMILES string of the molecule is C=C(/C=C\C(=C/C)S(N)(=O)=O)[C@@H]1[C@@H](C(=O)O)C1(F)F. The summed E-state index contributed by atoms with van der Waals surface area (Å²) in [4.78, 5) is 10.3. The number of carboxylic acid groups (broad SMARTS) is 1. The molecular formula is C11H13F2NO4S. The summed E-state index contributed by atoms with van der Waals surface area (Å²) in [5, 5.41) is 13.5. The number of alkyl halides is 2. The van der Waals surface area contributed by atoms with Crippen molar-refractivity contribution in [2.24, 2.45) is 17.0 Å². The van der Waals surface area contributed by atoms with Crippen LogP contribution in [-0.2, 0) is 14.8 Å². The first kappa shape index (κ1) is 15.5. The molecule has 1 rings (SSSR count). The molecule has 1 fully saturated rings. The molecule has 106 valence electrons. The van der Waals surface area contributed by atoms with E-state index in [1.54, 1.807) is 0 Å². The van der Waals surface area contributed by atoms with Gasteiger partial charge in [0.1, 0.15) is 5.92 Å². The van der Waals surface area contributed by atoms with Gasteiger partial charge in [-0.25, -0.2) is 22.3 Å². The summed E-state index contributed by atoms with van der Waals surface area (Å²) in [6.45, 7) is 4.76. The Labute approximate surface area is 109 Å². The van der Waals surface area contributed by atoms with E-state index in [2.05, 4.69) is 6.58 Å². The third-order valence-electron chi connectivity index (χ3n) is 2.79. The molecule has 0 amide bonds. The van der Waals surface area contributed by atoms with Crippen LogP contribution < -0.4 is 5.14 Å². The first-order valence-corrected chi connectivity index (χ1v) is 6.74. The van der Waals surface area contributed by atoms with Crippen molar-refractivity contribution in [2.75, 3.05) is 0 Å². The number of aliphatic carboxylic acids is 1. The van der Waals surface area contributed by atoms with Crippen LogP contribution in [0.5, 0.6) is 0 Å². The number of hydrogen-bond donors (Lipinski definition) is 2. The lowest BCUT2D eigenvalue weighted by Gasteiger charge is -1.99. The number of halogens is 2. The van der Waals surface area contributed by atoms with E-state index in [0.717, 1.165) is 12.2 Å². The van der Waals surface area contributed by atoms with Crippen molar-refractivity contribution in [1.82, 2.24) is 0 Å². The molecule has 1 aliphatic carbocycles. The average molecular weight is 293 g/mol. The summed E-state index contributed by atoms with van der Waals surface area (Å²) >= 11 is 0. The molecule has 0 spiro atoms. The zero-order chi connectivity index (χ0) is 15.0. The van der Waals surface area contributed by atoms with Crippen LogP contribution >= 0.6 is 0 Å². The molecule has 5 nitrogen and oxygen atoms in total. The number of carboxylic acids is 1. The Morgan fingerprint density at radius 2 is 1.89 bits per heavy atom. The van der Waals surface area contributed by atoms with Gasteiger partial charge in [-0.3, -0.25) is 4.79 Å². The lowest BCUT2D eigenvalue weighted by Crippen LogP contribution is -2.13. The van der Waals surface area contributed by atoms with Crippen LogP contribution in [0.4, 0.5) is 8.78 Å². The van der Waals surface area contributed by atoms with Crippen LogP contribution in [0.25, 0.3) is 0 Å². The molecule has 0 aromatic rings. The standard InChI is InChI=1S/C11H13F2NO4S/c1-3-7(19(14,17)18)5-4-6(2)8-9(10(15)16)11(8,12)13/h3-5,8-9H,2H2,1H3,(H,15,16)(H2,14,17,18)/b5-4-,7-3+/t8-,9+/m1/s1. The van der Waals surface area contributed by atoms with Crippen molar-refractivity contribution in [3.05, 3.63) is 35.3 Å². The van der Waals surface area contributed by atoms with E-state index < -0.39 is 33.8 Å². The highest BCUT2D eigenvalue weighted by Gasteiger charge is 2.72. The number of nitrogens with two attached hydrogens (primary N) is 1. The minimum atomic E-state index is -3.95. The summed E-state index contributed by atoms with van der Waals surface area (Å²) in [6, 6.07) is 0. The summed E-state index contributed by atoms with van der Waals surface area (Å²) in [7, 11) is -3.95. The molecule has 19 heavy (non-hydrogen) atoms.